The van der Waals surface area contributed by atoms with E-state index in [1.54, 1.807) is 17.8 Å². The molecule has 0 amide bonds. The van der Waals surface area contributed by atoms with Crippen LogP contribution in [0.3, 0.4) is 0 Å². The number of hydrogen-bond donors (Lipinski definition) is 0. The summed E-state index contributed by atoms with van der Waals surface area (Å²) >= 11 is 1.80. The summed E-state index contributed by atoms with van der Waals surface area (Å²) in [6, 6.07) is 34.6. The average molecular weight is 406 g/mol. The van der Waals surface area contributed by atoms with Crippen molar-refractivity contribution in [3.8, 4) is 0 Å². The van der Waals surface area contributed by atoms with Crippen LogP contribution in [-0.2, 0) is 0 Å². The molecule has 0 bridgehead atoms. The maximum absolute atomic E-state index is 12.3. The SMILES string of the molecule is O=C(C=Cc1ccc(N2c3ccccc3Sc3ccccc32)cc1)c1ccccc1. The molecule has 0 saturated heterocycles. The summed E-state index contributed by atoms with van der Waals surface area (Å²) in [7, 11) is 0. The van der Waals surface area contributed by atoms with Gasteiger partial charge in [-0.25, -0.2) is 0 Å². The second-order valence-electron chi connectivity index (χ2n) is 7.03. The monoisotopic (exact) mass is 405 g/mol. The smallest absolute Gasteiger partial charge is 0.185 e. The molecule has 0 atom stereocenters. The fourth-order valence-corrected chi connectivity index (χ4v) is 4.65. The summed E-state index contributed by atoms with van der Waals surface area (Å²) in [5.74, 6) is 0.00980. The number of ketones is 1. The van der Waals surface area contributed by atoms with Gasteiger partial charge in [-0.05, 0) is 48.0 Å². The van der Waals surface area contributed by atoms with Crippen molar-refractivity contribution in [3.63, 3.8) is 0 Å². The molecule has 0 fully saturated rings. The first-order chi connectivity index (χ1) is 14.8. The molecule has 2 nitrogen and oxygen atoms in total. The van der Waals surface area contributed by atoms with E-state index >= 15 is 0 Å². The van der Waals surface area contributed by atoms with Crippen molar-refractivity contribution in [1.29, 1.82) is 0 Å². The second-order valence-corrected chi connectivity index (χ2v) is 8.11. The summed E-state index contributed by atoms with van der Waals surface area (Å²) in [5.41, 5.74) is 5.16. The molecule has 1 heterocycles. The molecule has 0 saturated carbocycles. The molecule has 0 aromatic heterocycles. The van der Waals surface area contributed by atoms with Crippen molar-refractivity contribution < 1.29 is 4.79 Å². The van der Waals surface area contributed by atoms with E-state index in [9.17, 15) is 4.79 Å². The number of benzene rings is 4. The fraction of sp³-hybridized carbons (Fsp3) is 0. The van der Waals surface area contributed by atoms with Crippen molar-refractivity contribution in [3.05, 3.63) is 120 Å². The van der Waals surface area contributed by atoms with E-state index in [-0.39, 0.29) is 5.78 Å². The highest BCUT2D eigenvalue weighted by Gasteiger charge is 2.23. The van der Waals surface area contributed by atoms with E-state index in [0.717, 1.165) is 11.3 Å². The Morgan fingerprint density at radius 3 is 1.87 bits per heavy atom. The summed E-state index contributed by atoms with van der Waals surface area (Å²) < 4.78 is 0. The van der Waals surface area contributed by atoms with E-state index in [1.165, 1.54) is 21.2 Å². The largest absolute Gasteiger partial charge is 0.308 e. The lowest BCUT2D eigenvalue weighted by molar-refractivity contribution is 0.104. The normalized spacial score (nSPS) is 12.5. The quantitative estimate of drug-likeness (QED) is 0.228. The molecule has 0 N–H and O–H groups in total. The van der Waals surface area contributed by atoms with Crippen molar-refractivity contribution in [1.82, 2.24) is 0 Å². The Morgan fingerprint density at radius 1 is 0.667 bits per heavy atom. The van der Waals surface area contributed by atoms with Crippen LogP contribution in [0.25, 0.3) is 6.08 Å². The molecule has 0 unspecified atom stereocenters. The van der Waals surface area contributed by atoms with Crippen LogP contribution < -0.4 is 4.90 Å². The molecule has 0 aliphatic carbocycles. The minimum atomic E-state index is 0.00980. The van der Waals surface area contributed by atoms with Crippen molar-refractivity contribution in [2.24, 2.45) is 0 Å². The van der Waals surface area contributed by atoms with Gasteiger partial charge < -0.3 is 4.90 Å². The number of rotatable bonds is 4. The molecule has 0 radical (unpaired) electrons. The summed E-state index contributed by atoms with van der Waals surface area (Å²) in [5, 5.41) is 0. The number of nitrogens with zero attached hydrogens (tertiary/aromatic N) is 1. The zero-order valence-corrected chi connectivity index (χ0v) is 17.0. The van der Waals surface area contributed by atoms with Crippen LogP contribution in [0.2, 0.25) is 0 Å². The third-order valence-corrected chi connectivity index (χ3v) is 6.20. The molecule has 30 heavy (non-hydrogen) atoms. The molecule has 1 aliphatic heterocycles. The third kappa shape index (κ3) is 3.56. The standard InChI is InChI=1S/C27H19NOS/c29-25(21-8-2-1-3-9-21)19-16-20-14-17-22(18-15-20)28-23-10-4-6-12-26(23)30-27-13-7-5-11-24(27)28/h1-19H. The summed E-state index contributed by atoms with van der Waals surface area (Å²) in [4.78, 5) is 17.1. The molecule has 4 aromatic carbocycles. The van der Waals surface area contributed by atoms with Crippen molar-refractivity contribution >= 4 is 40.7 Å². The predicted molar refractivity (Wildman–Crippen MR) is 125 cm³/mol. The maximum Gasteiger partial charge on any atom is 0.185 e. The van der Waals surface area contributed by atoms with Gasteiger partial charge in [0.05, 0.1) is 11.4 Å². The third-order valence-electron chi connectivity index (χ3n) is 5.07. The topological polar surface area (TPSA) is 20.3 Å². The Hall–Kier alpha value is -3.56. The molecule has 5 rings (SSSR count). The van der Waals surface area contributed by atoms with Crippen molar-refractivity contribution in [2.45, 2.75) is 9.79 Å². The molecule has 1 aliphatic rings. The highest BCUT2D eigenvalue weighted by molar-refractivity contribution is 7.99. The number of allylic oxidation sites excluding steroid dienone is 1. The molecule has 3 heteroatoms. The van der Waals surface area contributed by atoms with Gasteiger partial charge in [-0.3, -0.25) is 4.79 Å². The van der Waals surface area contributed by atoms with Gasteiger partial charge in [-0.2, -0.15) is 0 Å². The van der Waals surface area contributed by atoms with Gasteiger partial charge in [0.1, 0.15) is 0 Å². The number of para-hydroxylation sites is 2. The van der Waals surface area contributed by atoms with E-state index < -0.39 is 0 Å². The van der Waals surface area contributed by atoms with E-state index in [0.29, 0.717) is 5.56 Å². The Morgan fingerprint density at radius 2 is 1.23 bits per heavy atom. The Kier molecular flexibility index (Phi) is 4.96. The lowest BCUT2D eigenvalue weighted by atomic mass is 10.1. The van der Waals surface area contributed by atoms with Gasteiger partial charge >= 0.3 is 0 Å². The summed E-state index contributed by atoms with van der Waals surface area (Å²) in [6.45, 7) is 0. The van der Waals surface area contributed by atoms with Gasteiger partial charge in [0.15, 0.2) is 5.78 Å². The van der Waals surface area contributed by atoms with Crippen LogP contribution in [0.1, 0.15) is 15.9 Å². The Bertz CT molecular complexity index is 1180. The average Bonchev–Trinajstić information content (AvgIpc) is 2.82. The van der Waals surface area contributed by atoms with Gasteiger partial charge in [0.2, 0.25) is 0 Å². The maximum atomic E-state index is 12.3. The number of fused-ring (bicyclic) bond motifs is 2. The molecule has 4 aromatic rings. The Balaban J connectivity index is 1.45. The van der Waals surface area contributed by atoms with Crippen LogP contribution >= 0.6 is 11.8 Å². The van der Waals surface area contributed by atoms with Crippen molar-refractivity contribution in [2.75, 3.05) is 4.90 Å². The van der Waals surface area contributed by atoms with Gasteiger partial charge in [0.25, 0.3) is 0 Å². The number of carbonyl (C=O) groups is 1. The molecular weight excluding hydrogens is 386 g/mol. The zero-order chi connectivity index (χ0) is 20.3. The van der Waals surface area contributed by atoms with Crippen LogP contribution in [0, 0.1) is 0 Å². The number of hydrogen-bond acceptors (Lipinski definition) is 3. The van der Waals surface area contributed by atoms with E-state index in [1.807, 2.05) is 36.4 Å². The van der Waals surface area contributed by atoms with Gasteiger partial charge in [-0.1, -0.05) is 84.6 Å². The first kappa shape index (κ1) is 18.5. The molecule has 144 valence electrons. The lowest BCUT2D eigenvalue weighted by Crippen LogP contribution is -2.14. The van der Waals surface area contributed by atoms with Crippen LogP contribution in [-0.4, -0.2) is 5.78 Å². The first-order valence-corrected chi connectivity index (χ1v) is 10.6. The second kappa shape index (κ2) is 8.05. The minimum absolute atomic E-state index is 0.00980. The van der Waals surface area contributed by atoms with Gasteiger partial charge in [-0.15, -0.1) is 0 Å². The molecular formula is C27H19NOS. The van der Waals surface area contributed by atoms with E-state index in [2.05, 4.69) is 77.7 Å². The molecule has 0 spiro atoms. The summed E-state index contributed by atoms with van der Waals surface area (Å²) in [6.07, 6.45) is 3.50. The number of carbonyl (C=O) groups excluding carboxylic acids is 1. The van der Waals surface area contributed by atoms with Gasteiger partial charge in [0, 0.05) is 21.0 Å². The zero-order valence-electron chi connectivity index (χ0n) is 16.2. The van der Waals surface area contributed by atoms with E-state index in [4.69, 9.17) is 0 Å². The van der Waals surface area contributed by atoms with Crippen LogP contribution in [0.4, 0.5) is 17.1 Å². The predicted octanol–water partition coefficient (Wildman–Crippen LogP) is 7.52. The number of anilines is 3. The minimum Gasteiger partial charge on any atom is -0.308 e. The fourth-order valence-electron chi connectivity index (χ4n) is 3.59. The lowest BCUT2D eigenvalue weighted by Gasteiger charge is -2.32. The first-order valence-electron chi connectivity index (χ1n) is 9.83. The highest BCUT2D eigenvalue weighted by atomic mass is 32.2. The Labute approximate surface area is 180 Å². The van der Waals surface area contributed by atoms with Crippen LogP contribution in [0.5, 0.6) is 0 Å². The van der Waals surface area contributed by atoms with Crippen LogP contribution in [0.15, 0.2) is 119 Å². The highest BCUT2D eigenvalue weighted by Crippen LogP contribution is 2.50.